The zero-order chi connectivity index (χ0) is 13.1. The van der Waals surface area contributed by atoms with E-state index in [9.17, 15) is 13.6 Å². The number of halogens is 2. The predicted octanol–water partition coefficient (Wildman–Crippen LogP) is 3.03. The van der Waals surface area contributed by atoms with Gasteiger partial charge < -0.3 is 5.32 Å². The van der Waals surface area contributed by atoms with E-state index in [-0.39, 0.29) is 11.8 Å². The van der Waals surface area contributed by atoms with Gasteiger partial charge in [0, 0.05) is 24.6 Å². The SMILES string of the molecule is CC(=O)NC1=CC=CC(c2ccc(F)cc2F)C1. The van der Waals surface area contributed by atoms with Crippen molar-refractivity contribution in [2.24, 2.45) is 0 Å². The molecule has 1 aliphatic carbocycles. The van der Waals surface area contributed by atoms with Gasteiger partial charge in [-0.05, 0) is 24.1 Å². The third kappa shape index (κ3) is 2.83. The summed E-state index contributed by atoms with van der Waals surface area (Å²) < 4.78 is 26.5. The van der Waals surface area contributed by atoms with E-state index in [1.54, 1.807) is 12.2 Å². The van der Waals surface area contributed by atoms with Crippen LogP contribution in [-0.2, 0) is 4.79 Å². The van der Waals surface area contributed by atoms with Crippen molar-refractivity contribution in [2.45, 2.75) is 19.3 Å². The maximum absolute atomic E-state index is 13.6. The Morgan fingerprint density at radius 2 is 2.17 bits per heavy atom. The molecule has 1 N–H and O–H groups in total. The number of hydrogen-bond donors (Lipinski definition) is 1. The lowest BCUT2D eigenvalue weighted by Gasteiger charge is -2.19. The second-order valence-electron chi connectivity index (χ2n) is 4.23. The van der Waals surface area contributed by atoms with Crippen LogP contribution in [0.15, 0.2) is 42.1 Å². The van der Waals surface area contributed by atoms with Crippen molar-refractivity contribution in [1.82, 2.24) is 5.32 Å². The molecule has 0 aliphatic heterocycles. The summed E-state index contributed by atoms with van der Waals surface area (Å²) >= 11 is 0. The van der Waals surface area contributed by atoms with Gasteiger partial charge in [-0.25, -0.2) is 8.78 Å². The maximum atomic E-state index is 13.6. The number of benzene rings is 1. The van der Waals surface area contributed by atoms with Crippen LogP contribution in [0.4, 0.5) is 8.78 Å². The Morgan fingerprint density at radius 3 is 2.83 bits per heavy atom. The normalized spacial score (nSPS) is 18.4. The van der Waals surface area contributed by atoms with Crippen LogP contribution in [0.2, 0.25) is 0 Å². The summed E-state index contributed by atoms with van der Waals surface area (Å²) in [6.07, 6.45) is 5.88. The lowest BCUT2D eigenvalue weighted by atomic mass is 9.90. The second-order valence-corrected chi connectivity index (χ2v) is 4.23. The summed E-state index contributed by atoms with van der Waals surface area (Å²) in [4.78, 5) is 11.0. The first-order valence-corrected chi connectivity index (χ1v) is 5.66. The van der Waals surface area contributed by atoms with E-state index in [1.165, 1.54) is 19.1 Å². The van der Waals surface area contributed by atoms with E-state index < -0.39 is 11.6 Å². The molecule has 1 aromatic carbocycles. The Morgan fingerprint density at radius 1 is 1.39 bits per heavy atom. The predicted molar refractivity (Wildman–Crippen MR) is 64.8 cm³/mol. The Labute approximate surface area is 104 Å². The minimum atomic E-state index is -0.589. The van der Waals surface area contributed by atoms with Gasteiger partial charge in [-0.2, -0.15) is 0 Å². The quantitative estimate of drug-likeness (QED) is 0.857. The number of amides is 1. The summed E-state index contributed by atoms with van der Waals surface area (Å²) in [6.45, 7) is 1.42. The van der Waals surface area contributed by atoms with Gasteiger partial charge in [-0.3, -0.25) is 4.79 Å². The molecule has 1 aliphatic rings. The van der Waals surface area contributed by atoms with Gasteiger partial charge in [0.1, 0.15) is 11.6 Å². The Hall–Kier alpha value is -1.97. The molecule has 0 saturated carbocycles. The second kappa shape index (κ2) is 5.12. The van der Waals surface area contributed by atoms with Gasteiger partial charge in [-0.15, -0.1) is 0 Å². The van der Waals surface area contributed by atoms with Crippen molar-refractivity contribution in [3.05, 3.63) is 59.3 Å². The molecular weight excluding hydrogens is 236 g/mol. The van der Waals surface area contributed by atoms with E-state index >= 15 is 0 Å². The molecule has 0 aromatic heterocycles. The minimum absolute atomic E-state index is 0.158. The van der Waals surface area contributed by atoms with Crippen molar-refractivity contribution in [3.63, 3.8) is 0 Å². The van der Waals surface area contributed by atoms with Crippen LogP contribution in [0, 0.1) is 11.6 Å². The van der Waals surface area contributed by atoms with Gasteiger partial charge in [0.2, 0.25) is 5.91 Å². The monoisotopic (exact) mass is 249 g/mol. The van der Waals surface area contributed by atoms with Gasteiger partial charge in [0.25, 0.3) is 0 Å². The molecule has 1 amide bonds. The molecule has 4 heteroatoms. The summed E-state index contributed by atoms with van der Waals surface area (Å²) in [5, 5.41) is 2.69. The van der Waals surface area contributed by atoms with Crippen molar-refractivity contribution in [3.8, 4) is 0 Å². The number of rotatable bonds is 2. The Kier molecular flexibility index (Phi) is 3.55. The Bertz CT molecular complexity index is 535. The zero-order valence-electron chi connectivity index (χ0n) is 9.91. The van der Waals surface area contributed by atoms with Gasteiger partial charge in [0.15, 0.2) is 0 Å². The summed E-state index contributed by atoms with van der Waals surface area (Å²) in [5.74, 6) is -1.49. The number of nitrogens with one attached hydrogen (secondary N) is 1. The van der Waals surface area contributed by atoms with Crippen LogP contribution in [0.3, 0.4) is 0 Å². The molecule has 0 saturated heterocycles. The molecule has 0 radical (unpaired) electrons. The molecule has 1 aromatic rings. The molecule has 18 heavy (non-hydrogen) atoms. The van der Waals surface area contributed by atoms with Gasteiger partial charge >= 0.3 is 0 Å². The highest BCUT2D eigenvalue weighted by Crippen LogP contribution is 2.29. The average Bonchev–Trinajstić information content (AvgIpc) is 2.28. The van der Waals surface area contributed by atoms with Crippen LogP contribution < -0.4 is 5.32 Å². The number of carbonyl (C=O) groups excluding carboxylic acids is 1. The first kappa shape index (κ1) is 12.5. The van der Waals surface area contributed by atoms with Crippen LogP contribution in [0.5, 0.6) is 0 Å². The molecule has 0 spiro atoms. The molecule has 2 rings (SSSR count). The standard InChI is InChI=1S/C14H13F2NO/c1-9(18)17-12-4-2-3-10(7-12)13-6-5-11(15)8-14(13)16/h2-6,8,10H,7H2,1H3,(H,17,18). The van der Waals surface area contributed by atoms with Crippen LogP contribution in [0.1, 0.15) is 24.8 Å². The fraction of sp³-hybridized carbons (Fsp3) is 0.214. The minimum Gasteiger partial charge on any atom is -0.330 e. The zero-order valence-corrected chi connectivity index (χ0v) is 9.91. The van der Waals surface area contributed by atoms with E-state index in [0.717, 1.165) is 11.8 Å². The molecule has 0 heterocycles. The van der Waals surface area contributed by atoms with E-state index in [1.807, 2.05) is 6.08 Å². The fourth-order valence-electron chi connectivity index (χ4n) is 2.01. The smallest absolute Gasteiger partial charge is 0.220 e. The van der Waals surface area contributed by atoms with Crippen LogP contribution in [-0.4, -0.2) is 5.91 Å². The first-order valence-electron chi connectivity index (χ1n) is 5.66. The first-order chi connectivity index (χ1) is 8.56. The Balaban J connectivity index is 2.19. The van der Waals surface area contributed by atoms with E-state index in [0.29, 0.717) is 12.0 Å². The van der Waals surface area contributed by atoms with Crippen molar-refractivity contribution in [1.29, 1.82) is 0 Å². The number of hydrogen-bond acceptors (Lipinski definition) is 1. The van der Waals surface area contributed by atoms with Crippen molar-refractivity contribution < 1.29 is 13.6 Å². The molecule has 1 atom stereocenters. The lowest BCUT2D eigenvalue weighted by Crippen LogP contribution is -2.21. The third-order valence-electron chi connectivity index (χ3n) is 2.78. The van der Waals surface area contributed by atoms with E-state index in [2.05, 4.69) is 5.32 Å². The molecule has 0 bridgehead atoms. The van der Waals surface area contributed by atoms with Crippen LogP contribution in [0.25, 0.3) is 0 Å². The third-order valence-corrected chi connectivity index (χ3v) is 2.78. The van der Waals surface area contributed by atoms with E-state index in [4.69, 9.17) is 0 Å². The highest BCUT2D eigenvalue weighted by atomic mass is 19.1. The molecular formula is C14H13F2NO. The highest BCUT2D eigenvalue weighted by Gasteiger charge is 2.18. The van der Waals surface area contributed by atoms with Crippen LogP contribution >= 0.6 is 0 Å². The summed E-state index contributed by atoms with van der Waals surface area (Å²) in [5.41, 5.74) is 1.17. The van der Waals surface area contributed by atoms with Gasteiger partial charge in [-0.1, -0.05) is 18.2 Å². The summed E-state index contributed by atoms with van der Waals surface area (Å²) in [7, 11) is 0. The largest absolute Gasteiger partial charge is 0.330 e. The molecule has 2 nitrogen and oxygen atoms in total. The molecule has 94 valence electrons. The summed E-state index contributed by atoms with van der Waals surface area (Å²) in [6, 6.07) is 3.55. The average molecular weight is 249 g/mol. The number of carbonyl (C=O) groups is 1. The lowest BCUT2D eigenvalue weighted by molar-refractivity contribution is -0.118. The molecule has 1 unspecified atom stereocenters. The topological polar surface area (TPSA) is 29.1 Å². The maximum Gasteiger partial charge on any atom is 0.220 e. The number of allylic oxidation sites excluding steroid dienone is 4. The highest BCUT2D eigenvalue weighted by molar-refractivity contribution is 5.75. The van der Waals surface area contributed by atoms with Crippen molar-refractivity contribution in [2.75, 3.05) is 0 Å². The molecule has 0 fully saturated rings. The fourth-order valence-corrected chi connectivity index (χ4v) is 2.01. The van der Waals surface area contributed by atoms with Crippen molar-refractivity contribution >= 4 is 5.91 Å². The van der Waals surface area contributed by atoms with Gasteiger partial charge in [0.05, 0.1) is 0 Å².